The van der Waals surface area contributed by atoms with E-state index in [4.69, 9.17) is 18.4 Å². The van der Waals surface area contributed by atoms with Crippen molar-refractivity contribution in [2.75, 3.05) is 5.32 Å². The fraction of sp³-hybridized carbons (Fsp3) is 0.440. The van der Waals surface area contributed by atoms with Crippen molar-refractivity contribution in [3.63, 3.8) is 0 Å². The van der Waals surface area contributed by atoms with Gasteiger partial charge in [0.1, 0.15) is 12.1 Å². The summed E-state index contributed by atoms with van der Waals surface area (Å²) in [5.41, 5.74) is 9.40. The number of rotatable bonds is 12. The molecule has 5 N–H and O–H groups in total. The summed E-state index contributed by atoms with van der Waals surface area (Å²) in [6.45, 7) is 5.58. The molecule has 6 nitrogen and oxygen atoms in total. The van der Waals surface area contributed by atoms with Gasteiger partial charge in [0.05, 0.1) is 0 Å². The fourth-order valence-electron chi connectivity index (χ4n) is 3.53. The highest BCUT2D eigenvalue weighted by atomic mass is 32.1. The van der Waals surface area contributed by atoms with Crippen LogP contribution in [-0.4, -0.2) is 40.4 Å². The first-order valence-electron chi connectivity index (χ1n) is 11.0. The number of anilines is 1. The Morgan fingerprint density at radius 2 is 1.62 bits per heavy atom. The maximum Gasteiger partial charge on any atom is 0.326 e. The van der Waals surface area contributed by atoms with E-state index in [0.717, 1.165) is 17.7 Å². The van der Waals surface area contributed by atoms with E-state index in [0.29, 0.717) is 12.8 Å². The third kappa shape index (κ3) is 8.20. The van der Waals surface area contributed by atoms with Gasteiger partial charge in [-0.05, 0) is 49.3 Å². The number of para-hydroxylation sites is 1. The number of hydrogen-bond acceptors (Lipinski definition) is 5. The molecular formula is C25H35N3O3S. The first-order chi connectivity index (χ1) is 15.2. The minimum Gasteiger partial charge on any atom is -0.480 e. The van der Waals surface area contributed by atoms with Gasteiger partial charge >= 0.3 is 5.97 Å². The number of aliphatic carboxylic acids is 1. The summed E-state index contributed by atoms with van der Waals surface area (Å²) in [5.74, 6) is -1.21. The van der Waals surface area contributed by atoms with E-state index >= 15 is 0 Å². The average Bonchev–Trinajstić information content (AvgIpc) is 2.74. The number of carbonyl (C=O) groups excluding carboxylic acids is 1. The van der Waals surface area contributed by atoms with Crippen LogP contribution < -0.4 is 16.4 Å². The molecule has 32 heavy (non-hydrogen) atoms. The number of thiol groups is 1. The Bertz CT molecular complexity index is 876. The molecule has 0 heterocycles. The third-order valence-corrected chi connectivity index (χ3v) is 5.91. The largest absolute Gasteiger partial charge is 0.480 e. The summed E-state index contributed by atoms with van der Waals surface area (Å²) >= 11 is 4.75. The Hall–Kier alpha value is -2.51. The van der Waals surface area contributed by atoms with Gasteiger partial charge in [0.25, 0.3) is 0 Å². The van der Waals surface area contributed by atoms with E-state index in [-0.39, 0.29) is 23.1 Å². The Kier molecular flexibility index (Phi) is 10.1. The van der Waals surface area contributed by atoms with Crippen LogP contribution in [0.5, 0.6) is 0 Å². The number of carboxylic acid groups (broad SMARTS) is 1. The van der Waals surface area contributed by atoms with E-state index in [2.05, 4.69) is 22.8 Å². The van der Waals surface area contributed by atoms with E-state index in [1.54, 1.807) is 6.92 Å². The van der Waals surface area contributed by atoms with E-state index in [9.17, 15) is 14.7 Å². The van der Waals surface area contributed by atoms with Gasteiger partial charge in [-0.2, -0.15) is 12.6 Å². The average molecular weight is 458 g/mol. The minimum atomic E-state index is -1.02. The molecule has 0 saturated carbocycles. The molecule has 3 unspecified atom stereocenters. The van der Waals surface area contributed by atoms with E-state index in [1.807, 2.05) is 56.3 Å². The van der Waals surface area contributed by atoms with E-state index < -0.39 is 18.1 Å². The molecule has 174 valence electrons. The molecule has 1 amide bonds. The lowest BCUT2D eigenvalue weighted by Crippen LogP contribution is -2.47. The van der Waals surface area contributed by atoms with Gasteiger partial charge < -0.3 is 21.5 Å². The van der Waals surface area contributed by atoms with Crippen LogP contribution in [0.1, 0.15) is 38.3 Å². The first-order valence-corrected chi connectivity index (χ1v) is 11.5. The molecule has 0 spiro atoms. The maximum absolute atomic E-state index is 12.6. The minimum absolute atomic E-state index is 0.0651. The van der Waals surface area contributed by atoms with Crippen molar-refractivity contribution >= 4 is 30.2 Å². The molecule has 2 aromatic carbocycles. The Balaban J connectivity index is 2.01. The van der Waals surface area contributed by atoms with Gasteiger partial charge in [-0.1, -0.05) is 62.4 Å². The molecule has 7 heteroatoms. The van der Waals surface area contributed by atoms with E-state index in [1.165, 1.54) is 5.56 Å². The van der Waals surface area contributed by atoms with Crippen LogP contribution in [-0.2, 0) is 22.4 Å². The highest BCUT2D eigenvalue weighted by Crippen LogP contribution is 2.22. The summed E-state index contributed by atoms with van der Waals surface area (Å²) in [5, 5.41) is 15.2. The molecule has 4 atom stereocenters. The number of amides is 1. The normalized spacial score (nSPS) is 14.9. The molecule has 0 saturated heterocycles. The van der Waals surface area contributed by atoms with Gasteiger partial charge in [0.15, 0.2) is 0 Å². The second kappa shape index (κ2) is 12.5. The molecular weight excluding hydrogens is 422 g/mol. The predicted molar refractivity (Wildman–Crippen MR) is 133 cm³/mol. The van der Waals surface area contributed by atoms with Crippen molar-refractivity contribution in [1.29, 1.82) is 0 Å². The second-order valence-electron chi connectivity index (χ2n) is 8.68. The fourth-order valence-corrected chi connectivity index (χ4v) is 3.83. The summed E-state index contributed by atoms with van der Waals surface area (Å²) in [4.78, 5) is 24.1. The maximum atomic E-state index is 12.6. The Labute approximate surface area is 196 Å². The Morgan fingerprint density at radius 3 is 2.25 bits per heavy atom. The molecule has 0 aliphatic heterocycles. The van der Waals surface area contributed by atoms with Crippen LogP contribution in [0.4, 0.5) is 5.69 Å². The summed E-state index contributed by atoms with van der Waals surface area (Å²) in [6, 6.07) is 16.2. The summed E-state index contributed by atoms with van der Waals surface area (Å²) in [6.07, 6.45) is 1.75. The second-order valence-corrected chi connectivity index (χ2v) is 9.34. The van der Waals surface area contributed by atoms with Crippen molar-refractivity contribution in [3.05, 3.63) is 65.7 Å². The van der Waals surface area contributed by atoms with Crippen molar-refractivity contribution < 1.29 is 14.7 Å². The number of carboxylic acids is 1. The molecule has 0 fully saturated rings. The van der Waals surface area contributed by atoms with Crippen LogP contribution in [0.15, 0.2) is 54.6 Å². The summed E-state index contributed by atoms with van der Waals surface area (Å²) in [7, 11) is 0. The molecule has 0 bridgehead atoms. The smallest absolute Gasteiger partial charge is 0.326 e. The summed E-state index contributed by atoms with van der Waals surface area (Å²) < 4.78 is 0. The number of nitrogens with two attached hydrogens (primary N) is 1. The van der Waals surface area contributed by atoms with Crippen LogP contribution in [0.25, 0.3) is 0 Å². The van der Waals surface area contributed by atoms with Gasteiger partial charge in [-0.3, -0.25) is 4.79 Å². The molecule has 0 radical (unpaired) electrons. The number of carbonyl (C=O) groups is 2. The van der Waals surface area contributed by atoms with Crippen LogP contribution >= 0.6 is 12.6 Å². The third-order valence-electron chi connectivity index (χ3n) is 5.34. The SMILES string of the molecule is CC(C)C[C@H](NC(=O)C(C)Nc1ccccc1CC(S)C(N)Cc1ccccc1)C(=O)O. The topological polar surface area (TPSA) is 104 Å². The predicted octanol–water partition coefficient (Wildman–Crippen LogP) is 3.51. The van der Waals surface area contributed by atoms with Crippen LogP contribution in [0.3, 0.4) is 0 Å². The van der Waals surface area contributed by atoms with Crippen molar-refractivity contribution in [1.82, 2.24) is 5.32 Å². The molecule has 0 aliphatic carbocycles. The van der Waals surface area contributed by atoms with Gasteiger partial charge in [0.2, 0.25) is 5.91 Å². The highest BCUT2D eigenvalue weighted by molar-refractivity contribution is 7.81. The lowest BCUT2D eigenvalue weighted by Gasteiger charge is -2.23. The molecule has 2 aromatic rings. The zero-order valence-electron chi connectivity index (χ0n) is 19.0. The molecule has 0 aromatic heterocycles. The van der Waals surface area contributed by atoms with Gasteiger partial charge in [-0.25, -0.2) is 4.79 Å². The number of benzene rings is 2. The first kappa shape index (κ1) is 25.7. The van der Waals surface area contributed by atoms with Crippen LogP contribution in [0, 0.1) is 5.92 Å². The molecule has 2 rings (SSSR count). The van der Waals surface area contributed by atoms with Gasteiger partial charge in [0, 0.05) is 17.0 Å². The highest BCUT2D eigenvalue weighted by Gasteiger charge is 2.24. The number of hydrogen-bond donors (Lipinski definition) is 5. The van der Waals surface area contributed by atoms with Crippen LogP contribution in [0.2, 0.25) is 0 Å². The zero-order valence-corrected chi connectivity index (χ0v) is 19.9. The van der Waals surface area contributed by atoms with Gasteiger partial charge in [-0.15, -0.1) is 0 Å². The quantitative estimate of drug-likeness (QED) is 0.314. The lowest BCUT2D eigenvalue weighted by molar-refractivity contribution is -0.142. The zero-order chi connectivity index (χ0) is 23.7. The Morgan fingerprint density at radius 1 is 1.00 bits per heavy atom. The standard InChI is InChI=1S/C25H35N3O3S/c1-16(2)13-22(25(30)31)28-24(29)17(3)27-21-12-8-7-11-19(21)15-23(32)20(26)14-18-9-5-4-6-10-18/h4-12,16-17,20,22-23,27,32H,13-15,26H2,1-3H3,(H,28,29)(H,30,31)/t17?,20?,22-,23?/m0/s1. The number of nitrogens with one attached hydrogen (secondary N) is 2. The van der Waals surface area contributed by atoms with Crippen molar-refractivity contribution in [3.8, 4) is 0 Å². The van der Waals surface area contributed by atoms with Crippen molar-refractivity contribution in [2.45, 2.75) is 63.4 Å². The molecule has 0 aliphatic rings. The monoisotopic (exact) mass is 457 g/mol. The van der Waals surface area contributed by atoms with Crippen molar-refractivity contribution in [2.24, 2.45) is 11.7 Å². The lowest BCUT2D eigenvalue weighted by atomic mass is 9.98.